The summed E-state index contributed by atoms with van der Waals surface area (Å²) in [7, 11) is 0. The average Bonchev–Trinajstić information content (AvgIpc) is 3.51. The third-order valence-electron chi connectivity index (χ3n) is 6.48. The summed E-state index contributed by atoms with van der Waals surface area (Å²) in [5, 5.41) is 0.948. The molecule has 0 spiro atoms. The van der Waals surface area contributed by atoms with Crippen LogP contribution in [0, 0.1) is 0 Å². The van der Waals surface area contributed by atoms with Crippen molar-refractivity contribution >= 4 is 52.6 Å². The fraction of sp³-hybridized carbons (Fsp3) is 0.250. The Bertz CT molecular complexity index is 1930. The van der Waals surface area contributed by atoms with E-state index in [1.54, 1.807) is 95.3 Å². The van der Waals surface area contributed by atoms with Crippen LogP contribution < -0.4 is 14.9 Å². The Morgan fingerprint density at radius 2 is 1.60 bits per heavy atom. The Morgan fingerprint density at radius 1 is 0.953 bits per heavy atom. The Balaban J connectivity index is 1.60. The molecule has 2 aromatic carbocycles. The zero-order chi connectivity index (χ0) is 31.0. The number of rotatable bonds is 7. The largest absolute Gasteiger partial charge is 0.459 e. The van der Waals surface area contributed by atoms with Crippen molar-refractivity contribution in [2.45, 2.75) is 52.9 Å². The van der Waals surface area contributed by atoms with E-state index in [1.807, 2.05) is 0 Å². The lowest BCUT2D eigenvalue weighted by Gasteiger charge is -2.25. The summed E-state index contributed by atoms with van der Waals surface area (Å²) < 4.78 is 18.8. The molecule has 5 rings (SSSR count). The van der Waals surface area contributed by atoms with Crippen LogP contribution in [0.15, 0.2) is 80.1 Å². The number of thiazole rings is 1. The molecule has 3 heterocycles. The quantitative estimate of drug-likeness (QED) is 0.220. The topological polar surface area (TPSA) is 100 Å². The first-order valence-corrected chi connectivity index (χ1v) is 15.1. The van der Waals surface area contributed by atoms with Gasteiger partial charge in [0.1, 0.15) is 11.5 Å². The number of furan rings is 1. The van der Waals surface area contributed by atoms with Gasteiger partial charge in [0, 0.05) is 21.7 Å². The third-order valence-corrected chi connectivity index (χ3v) is 7.95. The Labute approximate surface area is 261 Å². The molecule has 0 unspecified atom stereocenters. The molecule has 0 aliphatic carbocycles. The SMILES string of the molecule is CC1=C(C(=O)OC(C)C)[C@@H](c2ccc(Cl)cc2)n2c(s/c(=C/c3ccc(-c4cc(Cl)ccc4C(=O)OC(C)C)o3)c2=O)=N1. The first-order chi connectivity index (χ1) is 20.4. The Hall–Kier alpha value is -3.92. The lowest BCUT2D eigenvalue weighted by Crippen LogP contribution is -2.40. The zero-order valence-corrected chi connectivity index (χ0v) is 26.3. The molecule has 0 radical (unpaired) electrons. The fourth-order valence-electron chi connectivity index (χ4n) is 4.70. The molecule has 1 aliphatic heterocycles. The van der Waals surface area contributed by atoms with E-state index >= 15 is 0 Å². The van der Waals surface area contributed by atoms with Gasteiger partial charge in [-0.2, -0.15) is 0 Å². The molecule has 0 saturated carbocycles. The maximum atomic E-state index is 13.9. The normalized spacial score (nSPS) is 15.1. The van der Waals surface area contributed by atoms with Gasteiger partial charge >= 0.3 is 11.9 Å². The second-order valence-corrected chi connectivity index (χ2v) is 12.3. The highest BCUT2D eigenvalue weighted by Crippen LogP contribution is 2.32. The van der Waals surface area contributed by atoms with Crippen molar-refractivity contribution in [3.63, 3.8) is 0 Å². The van der Waals surface area contributed by atoms with E-state index in [1.165, 1.54) is 15.9 Å². The number of hydrogen-bond acceptors (Lipinski definition) is 8. The average molecular weight is 640 g/mol. The van der Waals surface area contributed by atoms with Crippen LogP contribution in [0.1, 0.15) is 62.3 Å². The van der Waals surface area contributed by atoms with Crippen molar-refractivity contribution in [1.82, 2.24) is 4.57 Å². The van der Waals surface area contributed by atoms with Gasteiger partial charge in [0.2, 0.25) is 0 Å². The molecule has 4 aromatic rings. The molecule has 8 nitrogen and oxygen atoms in total. The molecule has 0 amide bonds. The monoisotopic (exact) mass is 638 g/mol. The van der Waals surface area contributed by atoms with Gasteiger partial charge in [-0.25, -0.2) is 14.6 Å². The number of fused-ring (bicyclic) bond motifs is 1. The van der Waals surface area contributed by atoms with Crippen LogP contribution >= 0.6 is 34.5 Å². The molecule has 43 heavy (non-hydrogen) atoms. The number of ether oxygens (including phenoxy) is 2. The van der Waals surface area contributed by atoms with Gasteiger partial charge in [0.25, 0.3) is 5.56 Å². The molecular weight excluding hydrogens is 611 g/mol. The highest BCUT2D eigenvalue weighted by Gasteiger charge is 2.33. The van der Waals surface area contributed by atoms with Crippen LogP contribution in [0.25, 0.3) is 17.4 Å². The molecule has 222 valence electrons. The van der Waals surface area contributed by atoms with Gasteiger partial charge < -0.3 is 13.9 Å². The summed E-state index contributed by atoms with van der Waals surface area (Å²) in [6, 6.07) is 14.4. The van der Waals surface area contributed by atoms with E-state index in [0.717, 1.165) is 0 Å². The van der Waals surface area contributed by atoms with E-state index in [4.69, 9.17) is 37.1 Å². The third kappa shape index (κ3) is 6.39. The second-order valence-electron chi connectivity index (χ2n) is 10.4. The van der Waals surface area contributed by atoms with Gasteiger partial charge in [0.15, 0.2) is 4.80 Å². The van der Waals surface area contributed by atoms with Crippen molar-refractivity contribution in [3.05, 3.63) is 112 Å². The highest BCUT2D eigenvalue weighted by molar-refractivity contribution is 7.07. The van der Waals surface area contributed by atoms with Crippen molar-refractivity contribution in [2.24, 2.45) is 4.99 Å². The first-order valence-electron chi connectivity index (χ1n) is 13.5. The summed E-state index contributed by atoms with van der Waals surface area (Å²) >= 11 is 13.6. The number of benzene rings is 2. The molecule has 0 saturated heterocycles. The minimum Gasteiger partial charge on any atom is -0.459 e. The van der Waals surface area contributed by atoms with E-state index in [-0.39, 0.29) is 23.3 Å². The number of allylic oxidation sites excluding steroid dienone is 1. The van der Waals surface area contributed by atoms with Crippen molar-refractivity contribution in [2.75, 3.05) is 0 Å². The summed E-state index contributed by atoms with van der Waals surface area (Å²) in [5.74, 6) is -0.292. The van der Waals surface area contributed by atoms with Crippen LogP contribution in [-0.2, 0) is 14.3 Å². The Kier molecular flexibility index (Phi) is 8.78. The molecular formula is C32H28Cl2N2O6S. The van der Waals surface area contributed by atoms with Gasteiger partial charge in [-0.05, 0) is 82.6 Å². The maximum Gasteiger partial charge on any atom is 0.339 e. The second kappa shape index (κ2) is 12.4. The minimum absolute atomic E-state index is 0.275. The lowest BCUT2D eigenvalue weighted by molar-refractivity contribution is -0.143. The number of nitrogens with zero attached hydrogens (tertiary/aromatic N) is 2. The highest BCUT2D eigenvalue weighted by atomic mass is 35.5. The van der Waals surface area contributed by atoms with Crippen LogP contribution in [0.2, 0.25) is 10.0 Å². The van der Waals surface area contributed by atoms with Crippen LogP contribution in [-0.4, -0.2) is 28.7 Å². The standard InChI is InChI=1S/C32H28Cl2N2O6S/c1-16(2)40-30(38)23-12-10-21(34)14-24(23)25-13-11-22(42-25)15-26-29(37)36-28(19-6-8-20(33)9-7-19)27(31(39)41-17(3)4)18(5)35-32(36)43-26/h6-17,28H,1-5H3/b26-15+/t28-/m1/s1. The molecule has 1 aliphatic rings. The van der Waals surface area contributed by atoms with Gasteiger partial charge in [-0.1, -0.05) is 46.7 Å². The number of hydrogen-bond donors (Lipinski definition) is 0. The minimum atomic E-state index is -0.768. The van der Waals surface area contributed by atoms with Crippen molar-refractivity contribution in [3.8, 4) is 11.3 Å². The molecule has 11 heteroatoms. The Morgan fingerprint density at radius 3 is 2.28 bits per heavy atom. The van der Waals surface area contributed by atoms with Crippen LogP contribution in [0.4, 0.5) is 0 Å². The number of esters is 2. The van der Waals surface area contributed by atoms with E-state index in [2.05, 4.69) is 4.99 Å². The van der Waals surface area contributed by atoms with Gasteiger partial charge in [0.05, 0.1) is 39.6 Å². The van der Waals surface area contributed by atoms with Crippen molar-refractivity contribution < 1.29 is 23.5 Å². The molecule has 0 N–H and O–H groups in total. The summed E-state index contributed by atoms with van der Waals surface area (Å²) in [4.78, 5) is 44.9. The predicted octanol–water partition coefficient (Wildman–Crippen LogP) is 6.32. The fourth-order valence-corrected chi connectivity index (χ4v) is 6.03. The van der Waals surface area contributed by atoms with Crippen LogP contribution in [0.3, 0.4) is 0 Å². The van der Waals surface area contributed by atoms with Crippen LogP contribution in [0.5, 0.6) is 0 Å². The summed E-state index contributed by atoms with van der Waals surface area (Å²) in [6.45, 7) is 8.78. The number of carbonyl (C=O) groups is 2. The number of aromatic nitrogens is 1. The zero-order valence-electron chi connectivity index (χ0n) is 24.0. The van der Waals surface area contributed by atoms with Crippen molar-refractivity contribution in [1.29, 1.82) is 0 Å². The lowest BCUT2D eigenvalue weighted by atomic mass is 9.96. The molecule has 2 aromatic heterocycles. The molecule has 0 fully saturated rings. The number of halogens is 2. The molecule has 1 atom stereocenters. The maximum absolute atomic E-state index is 13.9. The molecule has 0 bridgehead atoms. The summed E-state index contributed by atoms with van der Waals surface area (Å²) in [6.07, 6.45) is 0.944. The summed E-state index contributed by atoms with van der Waals surface area (Å²) in [5.41, 5.74) is 1.83. The predicted molar refractivity (Wildman–Crippen MR) is 166 cm³/mol. The van der Waals surface area contributed by atoms with Gasteiger partial charge in [-0.15, -0.1) is 0 Å². The smallest absolute Gasteiger partial charge is 0.339 e. The first kappa shape index (κ1) is 30.5. The van der Waals surface area contributed by atoms with E-state index in [0.29, 0.717) is 53.3 Å². The van der Waals surface area contributed by atoms with Gasteiger partial charge in [-0.3, -0.25) is 9.36 Å². The number of carbonyl (C=O) groups excluding carboxylic acids is 2. The van der Waals surface area contributed by atoms with E-state index in [9.17, 15) is 14.4 Å². The van der Waals surface area contributed by atoms with E-state index < -0.39 is 18.0 Å².